The Balaban J connectivity index is 1.87. The molecule has 4 N–H and O–H groups in total. The van der Waals surface area contributed by atoms with Gasteiger partial charge in [-0.15, -0.1) is 11.8 Å². The molecular weight excluding hydrogens is 488 g/mol. The van der Waals surface area contributed by atoms with Crippen molar-refractivity contribution in [1.29, 1.82) is 0 Å². The predicted octanol–water partition coefficient (Wildman–Crippen LogP) is 3.31. The molecule has 2 saturated heterocycles. The number of thioether (sulfide) groups is 1. The van der Waals surface area contributed by atoms with E-state index >= 15 is 0 Å². The zero-order chi connectivity index (χ0) is 27.7. The van der Waals surface area contributed by atoms with Crippen LogP contribution in [0, 0.1) is 17.3 Å². The van der Waals surface area contributed by atoms with E-state index in [4.69, 9.17) is 0 Å². The van der Waals surface area contributed by atoms with E-state index in [1.165, 1.54) is 0 Å². The number of aromatic nitrogens is 2. The van der Waals surface area contributed by atoms with Crippen molar-refractivity contribution in [2.45, 2.75) is 109 Å². The fraction of sp³-hybridized carbons (Fsp3) is 0.750. The van der Waals surface area contributed by atoms with Crippen LogP contribution in [0.3, 0.4) is 0 Å². The number of aliphatic hydroxyl groups excluding tert-OH is 2. The lowest BCUT2D eigenvalue weighted by molar-refractivity contribution is -0.143. The van der Waals surface area contributed by atoms with Gasteiger partial charge in [0.2, 0.25) is 5.91 Å². The first-order valence-electron chi connectivity index (χ1n) is 13.4. The molecule has 1 amide bonds. The van der Waals surface area contributed by atoms with Crippen LogP contribution in [0.2, 0.25) is 0 Å². The van der Waals surface area contributed by atoms with Gasteiger partial charge in [-0.3, -0.25) is 14.3 Å². The molecule has 2 aliphatic rings. The van der Waals surface area contributed by atoms with E-state index < -0.39 is 23.5 Å². The highest BCUT2D eigenvalue weighted by molar-refractivity contribution is 7.98. The number of nitrogens with one attached hydrogen (secondary N) is 2. The van der Waals surface area contributed by atoms with Crippen molar-refractivity contribution in [2.75, 3.05) is 6.26 Å². The second-order valence-electron chi connectivity index (χ2n) is 12.0. The van der Waals surface area contributed by atoms with Crippen LogP contribution in [-0.4, -0.2) is 67.8 Å². The van der Waals surface area contributed by atoms with E-state index in [2.05, 4.69) is 22.7 Å². The summed E-state index contributed by atoms with van der Waals surface area (Å²) in [6, 6.07) is 2.05. The van der Waals surface area contributed by atoms with Gasteiger partial charge in [0.15, 0.2) is 0 Å². The Hall–Kier alpha value is -1.68. The molecule has 2 fully saturated rings. The second kappa shape index (κ2) is 11.6. The zero-order valence-corrected chi connectivity index (χ0v) is 24.5. The van der Waals surface area contributed by atoms with Gasteiger partial charge in [-0.05, 0) is 63.0 Å². The molecule has 208 valence electrons. The van der Waals surface area contributed by atoms with E-state index in [1.807, 2.05) is 44.0 Å². The summed E-state index contributed by atoms with van der Waals surface area (Å²) in [6.45, 7) is 11.3. The number of rotatable bonds is 3. The quantitative estimate of drug-likeness (QED) is 0.346. The SMILES string of the molecule is CSc1cc(/C=C(\C)[C@@H]2C[C@@H]3N[C@]3(C)CCC[C@H](C)[C@H](O)[C@@H](C)C(=O)C(C)(C)[C@@H](O)CC(=O)N2)nn1C. The summed E-state index contributed by atoms with van der Waals surface area (Å²) >= 11 is 1.63. The van der Waals surface area contributed by atoms with Crippen LogP contribution in [0.15, 0.2) is 16.7 Å². The molecule has 0 radical (unpaired) electrons. The minimum Gasteiger partial charge on any atom is -0.392 e. The Morgan fingerprint density at radius 3 is 2.54 bits per heavy atom. The first-order valence-corrected chi connectivity index (χ1v) is 14.7. The molecule has 0 aliphatic carbocycles. The molecule has 0 saturated carbocycles. The Labute approximate surface area is 226 Å². The molecule has 1 aromatic heterocycles. The summed E-state index contributed by atoms with van der Waals surface area (Å²) in [5, 5.41) is 34.2. The third-order valence-electron chi connectivity index (χ3n) is 8.70. The zero-order valence-electron chi connectivity index (χ0n) is 23.7. The van der Waals surface area contributed by atoms with Crippen molar-refractivity contribution >= 4 is 29.5 Å². The summed E-state index contributed by atoms with van der Waals surface area (Å²) in [6.07, 6.45) is 5.33. The van der Waals surface area contributed by atoms with Gasteiger partial charge in [-0.2, -0.15) is 5.10 Å². The first-order chi connectivity index (χ1) is 17.2. The molecular formula is C28H46N4O4S. The largest absolute Gasteiger partial charge is 0.392 e. The van der Waals surface area contributed by atoms with Crippen LogP contribution in [0.5, 0.6) is 0 Å². The first kappa shape index (κ1) is 29.9. The number of nitrogens with zero attached hydrogens (tertiary/aromatic N) is 2. The minimum atomic E-state index is -1.16. The Kier molecular flexibility index (Phi) is 9.36. The smallest absolute Gasteiger partial charge is 0.223 e. The molecule has 0 unspecified atom stereocenters. The molecule has 3 heterocycles. The van der Waals surface area contributed by atoms with Gasteiger partial charge >= 0.3 is 0 Å². The Morgan fingerprint density at radius 1 is 1.24 bits per heavy atom. The van der Waals surface area contributed by atoms with Gasteiger partial charge in [0, 0.05) is 24.5 Å². The van der Waals surface area contributed by atoms with Gasteiger partial charge in [0.1, 0.15) is 5.78 Å². The normalized spacial score (nSPS) is 36.1. The van der Waals surface area contributed by atoms with Crippen LogP contribution >= 0.6 is 11.8 Å². The third-order valence-corrected chi connectivity index (χ3v) is 9.50. The number of aryl methyl sites for hydroxylation is 1. The number of hydrogen-bond donors (Lipinski definition) is 4. The van der Waals surface area contributed by atoms with E-state index in [1.54, 1.807) is 32.5 Å². The van der Waals surface area contributed by atoms with E-state index in [0.29, 0.717) is 0 Å². The maximum Gasteiger partial charge on any atom is 0.223 e. The number of Topliss-reactive ketones (excluding diaryl/α,β-unsaturated/α-hetero) is 1. The number of fused-ring (bicyclic) bond motifs is 1. The van der Waals surface area contributed by atoms with Gasteiger partial charge in [-0.1, -0.05) is 34.1 Å². The van der Waals surface area contributed by atoms with Crippen LogP contribution in [-0.2, 0) is 16.6 Å². The Bertz CT molecular complexity index is 1020. The summed E-state index contributed by atoms with van der Waals surface area (Å²) in [4.78, 5) is 26.4. The van der Waals surface area contributed by atoms with Crippen LogP contribution < -0.4 is 10.6 Å². The van der Waals surface area contributed by atoms with Crippen LogP contribution in [0.1, 0.15) is 79.3 Å². The average Bonchev–Trinajstić information content (AvgIpc) is 3.32. The summed E-state index contributed by atoms with van der Waals surface area (Å²) < 4.78 is 1.84. The molecule has 2 aliphatic heterocycles. The van der Waals surface area contributed by atoms with Crippen molar-refractivity contribution in [1.82, 2.24) is 20.4 Å². The van der Waals surface area contributed by atoms with Crippen molar-refractivity contribution < 1.29 is 19.8 Å². The fourth-order valence-electron chi connectivity index (χ4n) is 5.63. The van der Waals surface area contributed by atoms with E-state index in [0.717, 1.165) is 42.0 Å². The average molecular weight is 535 g/mol. The lowest BCUT2D eigenvalue weighted by Crippen LogP contribution is -2.47. The van der Waals surface area contributed by atoms with Crippen molar-refractivity contribution in [3.05, 3.63) is 17.3 Å². The van der Waals surface area contributed by atoms with Gasteiger partial charge in [-0.25, -0.2) is 0 Å². The van der Waals surface area contributed by atoms with E-state index in [-0.39, 0.29) is 41.7 Å². The molecule has 0 spiro atoms. The highest BCUT2D eigenvalue weighted by Gasteiger charge is 2.50. The third kappa shape index (κ3) is 6.85. The van der Waals surface area contributed by atoms with Crippen LogP contribution in [0.25, 0.3) is 6.08 Å². The van der Waals surface area contributed by atoms with Crippen molar-refractivity contribution in [2.24, 2.45) is 24.3 Å². The number of carbonyl (C=O) groups excluding carboxylic acids is 2. The highest BCUT2D eigenvalue weighted by Crippen LogP contribution is 2.37. The molecule has 8 nitrogen and oxygen atoms in total. The lowest BCUT2D eigenvalue weighted by Gasteiger charge is -2.34. The number of hydrogen-bond acceptors (Lipinski definition) is 7. The molecule has 0 bridgehead atoms. The fourth-order valence-corrected chi connectivity index (χ4v) is 6.17. The number of ketones is 1. The molecule has 3 rings (SSSR count). The summed E-state index contributed by atoms with van der Waals surface area (Å²) in [5.41, 5.74) is 0.649. The predicted molar refractivity (Wildman–Crippen MR) is 148 cm³/mol. The standard InChI is InChI=1S/C28H46N4O4S/c1-16-10-9-11-28(6)21(30-28)14-20(17(2)12-19-13-24(37-8)32(7)31-19)29-23(34)15-22(33)27(4,5)26(36)18(3)25(16)35/h12-13,16,18,20-22,25,30,33,35H,9-11,14-15H2,1-8H3,(H,29,34)/b17-12+/t16-,18+,20-,21-,22-,25-,28+/m0/s1. The molecule has 9 heteroatoms. The van der Waals surface area contributed by atoms with Gasteiger partial charge in [0.05, 0.1) is 40.8 Å². The maximum absolute atomic E-state index is 13.3. The number of amides is 1. The van der Waals surface area contributed by atoms with Gasteiger partial charge < -0.3 is 20.8 Å². The Morgan fingerprint density at radius 2 is 1.92 bits per heavy atom. The van der Waals surface area contributed by atoms with Crippen molar-refractivity contribution in [3.63, 3.8) is 0 Å². The maximum atomic E-state index is 13.3. The number of carbonyl (C=O) groups is 2. The topological polar surface area (TPSA) is 126 Å². The second-order valence-corrected chi connectivity index (χ2v) is 12.9. The highest BCUT2D eigenvalue weighted by atomic mass is 32.2. The summed E-state index contributed by atoms with van der Waals surface area (Å²) in [5.74, 6) is -1.18. The molecule has 7 atom stereocenters. The van der Waals surface area contributed by atoms with Crippen LogP contribution in [0.4, 0.5) is 0 Å². The van der Waals surface area contributed by atoms with E-state index in [9.17, 15) is 19.8 Å². The molecule has 37 heavy (non-hydrogen) atoms. The molecule has 0 aromatic carbocycles. The monoisotopic (exact) mass is 534 g/mol. The van der Waals surface area contributed by atoms with Crippen molar-refractivity contribution in [3.8, 4) is 0 Å². The summed E-state index contributed by atoms with van der Waals surface area (Å²) in [7, 11) is 1.91. The lowest BCUT2D eigenvalue weighted by atomic mass is 9.72. The molecule has 1 aromatic rings. The number of aliphatic hydroxyl groups is 2. The minimum absolute atomic E-state index is 0.0229. The van der Waals surface area contributed by atoms with Gasteiger partial charge in [0.25, 0.3) is 0 Å².